The van der Waals surface area contributed by atoms with Gasteiger partial charge in [0.25, 0.3) is 0 Å². The fraction of sp³-hybridized carbons (Fsp3) is 0.625. The van der Waals surface area contributed by atoms with Crippen molar-refractivity contribution in [1.29, 1.82) is 0 Å². The number of benzene rings is 1. The summed E-state index contributed by atoms with van der Waals surface area (Å²) in [5.74, 6) is 4.02. The Hall–Kier alpha value is -1.17. The van der Waals surface area contributed by atoms with Gasteiger partial charge in [-0.05, 0) is 55.6 Å². The first-order valence-corrected chi connectivity index (χ1v) is 7.73. The van der Waals surface area contributed by atoms with Gasteiger partial charge in [-0.3, -0.25) is 4.90 Å². The number of hydrogen-bond acceptors (Lipinski definition) is 5. The minimum Gasteiger partial charge on any atom is -0.493 e. The minimum atomic E-state index is 0. The zero-order valence-corrected chi connectivity index (χ0v) is 13.7. The number of halogens is 1. The van der Waals surface area contributed by atoms with Crippen LogP contribution in [0.1, 0.15) is 12.0 Å². The first-order valence-electron chi connectivity index (χ1n) is 7.73. The number of methoxy groups -OCH3 is 1. The van der Waals surface area contributed by atoms with Crippen LogP contribution in [0.5, 0.6) is 17.2 Å². The number of fused-ring (bicyclic) bond motifs is 2. The number of likely N-dealkylation sites (tertiary alicyclic amines) is 1. The molecule has 2 fully saturated rings. The second-order valence-electron chi connectivity index (χ2n) is 6.23. The van der Waals surface area contributed by atoms with Crippen LogP contribution in [0, 0.1) is 11.8 Å². The highest BCUT2D eigenvalue weighted by Gasteiger charge is 2.32. The van der Waals surface area contributed by atoms with E-state index in [1.807, 2.05) is 0 Å². The highest BCUT2D eigenvalue weighted by molar-refractivity contribution is 5.85. The molecule has 1 aromatic carbocycles. The molecule has 0 aromatic heterocycles. The standard InChI is InChI=1S/C16H22N2O3.ClH/c1-19-14-4-11(5-15-16(14)21-10-20-15)8-18-3-2-12-6-17-7-13(12)9-18;/h4-5,12-13,17H,2-3,6-10H2,1H3;1H. The van der Waals surface area contributed by atoms with Crippen molar-refractivity contribution in [1.82, 2.24) is 10.2 Å². The number of hydrogen-bond donors (Lipinski definition) is 1. The molecule has 1 aromatic rings. The maximum atomic E-state index is 5.51. The lowest BCUT2D eigenvalue weighted by Crippen LogP contribution is -2.39. The first kappa shape index (κ1) is 15.7. The van der Waals surface area contributed by atoms with Crippen LogP contribution in [0.25, 0.3) is 0 Å². The van der Waals surface area contributed by atoms with Crippen LogP contribution in [0.3, 0.4) is 0 Å². The molecule has 22 heavy (non-hydrogen) atoms. The molecule has 1 N–H and O–H groups in total. The topological polar surface area (TPSA) is 43.0 Å². The maximum absolute atomic E-state index is 5.51. The minimum absolute atomic E-state index is 0. The second kappa shape index (κ2) is 6.52. The highest BCUT2D eigenvalue weighted by Crippen LogP contribution is 2.42. The normalized spacial score (nSPS) is 26.4. The monoisotopic (exact) mass is 326 g/mol. The van der Waals surface area contributed by atoms with E-state index in [2.05, 4.69) is 22.3 Å². The summed E-state index contributed by atoms with van der Waals surface area (Å²) in [6, 6.07) is 4.16. The van der Waals surface area contributed by atoms with Crippen molar-refractivity contribution in [3.05, 3.63) is 17.7 Å². The largest absolute Gasteiger partial charge is 0.493 e. The lowest BCUT2D eigenvalue weighted by atomic mass is 9.88. The summed E-state index contributed by atoms with van der Waals surface area (Å²) < 4.78 is 16.4. The van der Waals surface area contributed by atoms with E-state index in [-0.39, 0.29) is 19.2 Å². The van der Waals surface area contributed by atoms with Gasteiger partial charge in [0.15, 0.2) is 11.5 Å². The Morgan fingerprint density at radius 1 is 1.27 bits per heavy atom. The third-order valence-electron chi connectivity index (χ3n) is 4.91. The molecule has 5 nitrogen and oxygen atoms in total. The van der Waals surface area contributed by atoms with Crippen molar-refractivity contribution >= 4 is 12.4 Å². The van der Waals surface area contributed by atoms with Gasteiger partial charge < -0.3 is 19.5 Å². The molecule has 2 unspecified atom stereocenters. The Labute approximate surface area is 137 Å². The third-order valence-corrected chi connectivity index (χ3v) is 4.91. The van der Waals surface area contributed by atoms with Gasteiger partial charge in [0.2, 0.25) is 12.5 Å². The lowest BCUT2D eigenvalue weighted by Gasteiger charge is -2.34. The predicted octanol–water partition coefficient (Wildman–Crippen LogP) is 1.89. The molecule has 3 heterocycles. The van der Waals surface area contributed by atoms with E-state index >= 15 is 0 Å². The Morgan fingerprint density at radius 3 is 3.00 bits per heavy atom. The van der Waals surface area contributed by atoms with Crippen LogP contribution >= 0.6 is 12.4 Å². The summed E-state index contributed by atoms with van der Waals surface area (Å²) >= 11 is 0. The van der Waals surface area contributed by atoms with Crippen molar-refractivity contribution < 1.29 is 14.2 Å². The van der Waals surface area contributed by atoms with E-state index in [1.54, 1.807) is 7.11 Å². The van der Waals surface area contributed by atoms with E-state index in [1.165, 1.54) is 38.2 Å². The van der Waals surface area contributed by atoms with Crippen LogP contribution in [0.2, 0.25) is 0 Å². The Kier molecular flexibility index (Phi) is 4.66. The fourth-order valence-electron chi connectivity index (χ4n) is 3.79. The molecule has 6 heteroatoms. The van der Waals surface area contributed by atoms with Crippen LogP contribution in [-0.4, -0.2) is 45.0 Å². The quantitative estimate of drug-likeness (QED) is 0.919. The lowest BCUT2D eigenvalue weighted by molar-refractivity contribution is 0.142. The Morgan fingerprint density at radius 2 is 2.14 bits per heavy atom. The van der Waals surface area contributed by atoms with E-state index < -0.39 is 0 Å². The molecule has 4 rings (SSSR count). The molecule has 2 atom stereocenters. The molecular formula is C16H23ClN2O3. The number of nitrogens with one attached hydrogen (secondary N) is 1. The average Bonchev–Trinajstić information content (AvgIpc) is 3.14. The first-order chi connectivity index (χ1) is 10.3. The van der Waals surface area contributed by atoms with Crippen molar-refractivity contribution in [2.75, 3.05) is 40.1 Å². The molecule has 2 saturated heterocycles. The summed E-state index contributed by atoms with van der Waals surface area (Å²) in [6.07, 6.45) is 1.30. The summed E-state index contributed by atoms with van der Waals surface area (Å²) in [6.45, 7) is 5.99. The molecule has 0 amide bonds. The molecule has 0 spiro atoms. The van der Waals surface area contributed by atoms with Gasteiger partial charge in [-0.15, -0.1) is 12.4 Å². The van der Waals surface area contributed by atoms with E-state index in [9.17, 15) is 0 Å². The average molecular weight is 327 g/mol. The maximum Gasteiger partial charge on any atom is 0.231 e. The molecule has 0 aliphatic carbocycles. The number of ether oxygens (including phenoxy) is 3. The smallest absolute Gasteiger partial charge is 0.231 e. The Bertz CT molecular complexity index is 540. The van der Waals surface area contributed by atoms with Gasteiger partial charge in [0.05, 0.1) is 7.11 Å². The van der Waals surface area contributed by atoms with Gasteiger partial charge >= 0.3 is 0 Å². The van der Waals surface area contributed by atoms with E-state index in [0.717, 1.165) is 35.6 Å². The van der Waals surface area contributed by atoms with Crippen LogP contribution < -0.4 is 19.5 Å². The second-order valence-corrected chi connectivity index (χ2v) is 6.23. The molecule has 0 radical (unpaired) electrons. The van der Waals surface area contributed by atoms with Gasteiger partial charge in [0.1, 0.15) is 0 Å². The van der Waals surface area contributed by atoms with E-state index in [0.29, 0.717) is 0 Å². The van der Waals surface area contributed by atoms with Crippen molar-refractivity contribution in [3.63, 3.8) is 0 Å². The number of piperidine rings is 1. The van der Waals surface area contributed by atoms with Crippen LogP contribution in [0.4, 0.5) is 0 Å². The molecule has 3 aliphatic rings. The molecule has 122 valence electrons. The molecule has 0 bridgehead atoms. The summed E-state index contributed by atoms with van der Waals surface area (Å²) in [4.78, 5) is 2.55. The van der Waals surface area contributed by atoms with Crippen LogP contribution in [0.15, 0.2) is 12.1 Å². The van der Waals surface area contributed by atoms with Gasteiger partial charge in [0, 0.05) is 13.1 Å². The number of nitrogens with zero attached hydrogens (tertiary/aromatic N) is 1. The summed E-state index contributed by atoms with van der Waals surface area (Å²) in [7, 11) is 1.68. The summed E-state index contributed by atoms with van der Waals surface area (Å²) in [5, 5.41) is 3.52. The third kappa shape index (κ3) is 2.85. The fourth-order valence-corrected chi connectivity index (χ4v) is 3.79. The molecule has 0 saturated carbocycles. The Balaban J connectivity index is 0.00000144. The SMILES string of the molecule is COc1cc(CN2CCC3CNCC3C2)cc2c1OCO2.Cl. The zero-order valence-electron chi connectivity index (χ0n) is 12.8. The number of rotatable bonds is 3. The van der Waals surface area contributed by atoms with Crippen molar-refractivity contribution in [3.8, 4) is 17.2 Å². The van der Waals surface area contributed by atoms with Gasteiger partial charge in [-0.25, -0.2) is 0 Å². The van der Waals surface area contributed by atoms with E-state index in [4.69, 9.17) is 14.2 Å². The molecule has 3 aliphatic heterocycles. The highest BCUT2D eigenvalue weighted by atomic mass is 35.5. The predicted molar refractivity (Wildman–Crippen MR) is 86.1 cm³/mol. The van der Waals surface area contributed by atoms with Crippen LogP contribution in [-0.2, 0) is 6.54 Å². The van der Waals surface area contributed by atoms with Crippen molar-refractivity contribution in [2.24, 2.45) is 11.8 Å². The van der Waals surface area contributed by atoms with Gasteiger partial charge in [-0.2, -0.15) is 0 Å². The zero-order chi connectivity index (χ0) is 14.2. The van der Waals surface area contributed by atoms with Crippen molar-refractivity contribution in [2.45, 2.75) is 13.0 Å². The molecular weight excluding hydrogens is 304 g/mol. The summed E-state index contributed by atoms with van der Waals surface area (Å²) in [5.41, 5.74) is 1.24. The van der Waals surface area contributed by atoms with Gasteiger partial charge in [-0.1, -0.05) is 0 Å².